The largest absolute Gasteiger partial charge is 0.304 e. The third kappa shape index (κ3) is 3.95. The number of aromatic nitrogens is 3. The average molecular weight is 360 g/mol. The lowest BCUT2D eigenvalue weighted by molar-refractivity contribution is 0.519. The van der Waals surface area contributed by atoms with Crippen molar-refractivity contribution in [1.82, 2.24) is 20.3 Å². The van der Waals surface area contributed by atoms with E-state index in [1.807, 2.05) is 12.3 Å². The number of nitrogens with one attached hydrogen (secondary N) is 1. The maximum absolute atomic E-state index is 4.64. The SMILES string of the molecule is Cc1ccc([C@H](Cc2ccsc2)NCc2ccc3nccnc3c2)nc1. The number of nitrogens with zero attached hydrogens (tertiary/aromatic N) is 3. The maximum Gasteiger partial charge on any atom is 0.0890 e. The van der Waals surface area contributed by atoms with Gasteiger partial charge in [-0.1, -0.05) is 12.1 Å². The number of pyridine rings is 1. The molecule has 0 unspecified atom stereocenters. The molecular formula is C21H20N4S. The number of fused-ring (bicyclic) bond motifs is 1. The maximum atomic E-state index is 4.64. The van der Waals surface area contributed by atoms with E-state index in [-0.39, 0.29) is 6.04 Å². The zero-order chi connectivity index (χ0) is 17.8. The Morgan fingerprint density at radius 1 is 0.962 bits per heavy atom. The van der Waals surface area contributed by atoms with Gasteiger partial charge in [-0.05, 0) is 65.1 Å². The standard InChI is InChI=1S/C21H20N4S/c1-15-2-4-19(24-12-15)21(11-17-6-9-26-14-17)25-13-16-3-5-18-20(10-16)23-8-7-22-18/h2-10,12,14,21,25H,11,13H2,1H3/t21-/m0/s1. The summed E-state index contributed by atoms with van der Waals surface area (Å²) in [7, 11) is 0. The van der Waals surface area contributed by atoms with Crippen molar-refractivity contribution in [3.8, 4) is 0 Å². The normalized spacial score (nSPS) is 12.3. The molecule has 0 aliphatic heterocycles. The van der Waals surface area contributed by atoms with E-state index >= 15 is 0 Å². The lowest BCUT2D eigenvalue weighted by Crippen LogP contribution is -2.23. The molecule has 0 fully saturated rings. The molecule has 1 N–H and O–H groups in total. The van der Waals surface area contributed by atoms with E-state index in [4.69, 9.17) is 0 Å². The van der Waals surface area contributed by atoms with Crippen molar-refractivity contribution in [2.45, 2.75) is 25.9 Å². The third-order valence-corrected chi connectivity index (χ3v) is 5.13. The minimum atomic E-state index is 0.169. The first-order chi connectivity index (χ1) is 12.8. The molecule has 130 valence electrons. The molecular weight excluding hydrogens is 340 g/mol. The Balaban J connectivity index is 1.54. The molecule has 0 spiro atoms. The van der Waals surface area contributed by atoms with Gasteiger partial charge in [0.1, 0.15) is 0 Å². The van der Waals surface area contributed by atoms with Crippen LogP contribution in [-0.2, 0) is 13.0 Å². The highest BCUT2D eigenvalue weighted by Crippen LogP contribution is 2.20. The van der Waals surface area contributed by atoms with Crippen molar-refractivity contribution < 1.29 is 0 Å². The molecule has 0 amide bonds. The molecule has 1 aromatic carbocycles. The quantitative estimate of drug-likeness (QED) is 0.551. The minimum Gasteiger partial charge on any atom is -0.304 e. The molecule has 0 aliphatic rings. The molecule has 0 saturated carbocycles. The monoisotopic (exact) mass is 360 g/mol. The van der Waals surface area contributed by atoms with Gasteiger partial charge >= 0.3 is 0 Å². The van der Waals surface area contributed by atoms with Crippen LogP contribution in [0.5, 0.6) is 0 Å². The summed E-state index contributed by atoms with van der Waals surface area (Å²) in [6, 6.07) is 12.8. The second kappa shape index (κ2) is 7.72. The van der Waals surface area contributed by atoms with E-state index in [2.05, 4.69) is 68.3 Å². The lowest BCUT2D eigenvalue weighted by Gasteiger charge is -2.18. The lowest BCUT2D eigenvalue weighted by atomic mass is 10.0. The highest BCUT2D eigenvalue weighted by atomic mass is 32.1. The summed E-state index contributed by atoms with van der Waals surface area (Å²) >= 11 is 1.73. The summed E-state index contributed by atoms with van der Waals surface area (Å²) in [5, 5.41) is 7.99. The van der Waals surface area contributed by atoms with Crippen LogP contribution in [0.25, 0.3) is 11.0 Å². The Bertz CT molecular complexity index is 981. The Hall–Kier alpha value is -2.63. The predicted octanol–water partition coefficient (Wildman–Crippen LogP) is 4.47. The first kappa shape index (κ1) is 16.8. The second-order valence-electron chi connectivity index (χ2n) is 6.41. The summed E-state index contributed by atoms with van der Waals surface area (Å²) < 4.78 is 0. The van der Waals surface area contributed by atoms with E-state index in [9.17, 15) is 0 Å². The number of hydrogen-bond acceptors (Lipinski definition) is 5. The third-order valence-electron chi connectivity index (χ3n) is 4.40. The molecule has 3 aromatic heterocycles. The number of aryl methyl sites for hydroxylation is 1. The van der Waals surface area contributed by atoms with Crippen LogP contribution in [0.15, 0.2) is 65.7 Å². The molecule has 0 radical (unpaired) electrons. The fourth-order valence-electron chi connectivity index (χ4n) is 2.97. The molecule has 1 atom stereocenters. The van der Waals surface area contributed by atoms with Gasteiger partial charge in [0.2, 0.25) is 0 Å². The van der Waals surface area contributed by atoms with Crippen LogP contribution in [-0.4, -0.2) is 15.0 Å². The first-order valence-corrected chi connectivity index (χ1v) is 9.59. The van der Waals surface area contributed by atoms with Crippen molar-refractivity contribution in [3.63, 3.8) is 0 Å². The minimum absolute atomic E-state index is 0.169. The van der Waals surface area contributed by atoms with Crippen molar-refractivity contribution in [2.75, 3.05) is 0 Å². The van der Waals surface area contributed by atoms with Crippen molar-refractivity contribution in [3.05, 3.63) is 88.1 Å². The van der Waals surface area contributed by atoms with E-state index in [1.54, 1.807) is 23.7 Å². The highest BCUT2D eigenvalue weighted by Gasteiger charge is 2.14. The smallest absolute Gasteiger partial charge is 0.0890 e. The van der Waals surface area contributed by atoms with Crippen LogP contribution in [0, 0.1) is 6.92 Å². The fourth-order valence-corrected chi connectivity index (χ4v) is 3.65. The van der Waals surface area contributed by atoms with Crippen LogP contribution >= 0.6 is 11.3 Å². The summed E-state index contributed by atoms with van der Waals surface area (Å²) in [6.07, 6.45) is 6.31. The molecule has 0 saturated heterocycles. The van der Waals surface area contributed by atoms with Crippen LogP contribution in [0.3, 0.4) is 0 Å². The van der Waals surface area contributed by atoms with Crippen LogP contribution in [0.1, 0.15) is 28.4 Å². The van der Waals surface area contributed by atoms with E-state index in [0.29, 0.717) is 0 Å². The molecule has 4 aromatic rings. The molecule has 3 heterocycles. The van der Waals surface area contributed by atoms with Gasteiger partial charge < -0.3 is 5.32 Å². The van der Waals surface area contributed by atoms with Gasteiger partial charge in [0.15, 0.2) is 0 Å². The molecule has 0 aliphatic carbocycles. The van der Waals surface area contributed by atoms with Crippen molar-refractivity contribution in [1.29, 1.82) is 0 Å². The Morgan fingerprint density at radius 3 is 2.62 bits per heavy atom. The molecule has 4 nitrogen and oxygen atoms in total. The van der Waals surface area contributed by atoms with Gasteiger partial charge in [0.25, 0.3) is 0 Å². The molecule has 4 rings (SSSR count). The fraction of sp³-hybridized carbons (Fsp3) is 0.190. The Kier molecular flexibility index (Phi) is 5.00. The number of benzene rings is 1. The molecule has 0 bridgehead atoms. The number of rotatable bonds is 6. The zero-order valence-electron chi connectivity index (χ0n) is 14.6. The zero-order valence-corrected chi connectivity index (χ0v) is 15.4. The Labute approximate surface area is 157 Å². The first-order valence-electron chi connectivity index (χ1n) is 8.64. The van der Waals surface area contributed by atoms with Gasteiger partial charge in [0, 0.05) is 25.1 Å². The highest BCUT2D eigenvalue weighted by molar-refractivity contribution is 7.07. The number of thiophene rings is 1. The summed E-state index contributed by atoms with van der Waals surface area (Å²) in [4.78, 5) is 13.4. The van der Waals surface area contributed by atoms with Gasteiger partial charge in [-0.3, -0.25) is 15.0 Å². The topological polar surface area (TPSA) is 50.7 Å². The van der Waals surface area contributed by atoms with Crippen LogP contribution in [0.4, 0.5) is 0 Å². The van der Waals surface area contributed by atoms with E-state index in [0.717, 1.165) is 29.7 Å². The van der Waals surface area contributed by atoms with Gasteiger partial charge in [-0.2, -0.15) is 11.3 Å². The van der Waals surface area contributed by atoms with E-state index in [1.165, 1.54) is 16.7 Å². The van der Waals surface area contributed by atoms with Gasteiger partial charge in [0.05, 0.1) is 22.8 Å². The van der Waals surface area contributed by atoms with Crippen LogP contribution in [0.2, 0.25) is 0 Å². The summed E-state index contributed by atoms with van der Waals surface area (Å²) in [5.41, 5.74) is 6.62. The molecule has 5 heteroatoms. The Morgan fingerprint density at radius 2 is 1.85 bits per heavy atom. The van der Waals surface area contributed by atoms with Gasteiger partial charge in [-0.15, -0.1) is 0 Å². The predicted molar refractivity (Wildman–Crippen MR) is 106 cm³/mol. The van der Waals surface area contributed by atoms with Gasteiger partial charge in [-0.25, -0.2) is 0 Å². The van der Waals surface area contributed by atoms with E-state index < -0.39 is 0 Å². The van der Waals surface area contributed by atoms with Crippen molar-refractivity contribution in [2.24, 2.45) is 0 Å². The average Bonchev–Trinajstić information content (AvgIpc) is 3.19. The summed E-state index contributed by atoms with van der Waals surface area (Å²) in [6.45, 7) is 2.82. The molecule has 26 heavy (non-hydrogen) atoms. The van der Waals surface area contributed by atoms with Crippen LogP contribution < -0.4 is 5.32 Å². The second-order valence-corrected chi connectivity index (χ2v) is 7.19. The van der Waals surface area contributed by atoms with Crippen molar-refractivity contribution >= 4 is 22.4 Å². The number of hydrogen-bond donors (Lipinski definition) is 1. The summed E-state index contributed by atoms with van der Waals surface area (Å²) in [5.74, 6) is 0.